The Labute approximate surface area is 62.7 Å². The van der Waals surface area contributed by atoms with Crippen molar-refractivity contribution in [3.63, 3.8) is 0 Å². The van der Waals surface area contributed by atoms with E-state index in [0.717, 1.165) is 19.1 Å². The minimum atomic E-state index is 0.364. The fraction of sp³-hybridized carbons (Fsp3) is 1.00. The quantitative estimate of drug-likeness (QED) is 0.629. The molecule has 10 heavy (non-hydrogen) atoms. The number of hydrogen-bond acceptors (Lipinski definition) is 2. The molecule has 1 aliphatic heterocycles. The average Bonchev–Trinajstić information content (AvgIpc) is 1.88. The van der Waals surface area contributed by atoms with Gasteiger partial charge >= 0.3 is 0 Å². The van der Waals surface area contributed by atoms with Gasteiger partial charge in [-0.15, -0.1) is 0 Å². The summed E-state index contributed by atoms with van der Waals surface area (Å²) < 4.78 is 5.24. The zero-order chi connectivity index (χ0) is 7.40. The van der Waals surface area contributed by atoms with Crippen LogP contribution in [0.4, 0.5) is 0 Å². The lowest BCUT2D eigenvalue weighted by Gasteiger charge is -2.23. The SMILES string of the molecule is C[C@@H](N)CC1CCOCC1. The van der Waals surface area contributed by atoms with Gasteiger partial charge in [0.2, 0.25) is 0 Å². The predicted molar refractivity (Wildman–Crippen MR) is 41.8 cm³/mol. The highest BCUT2D eigenvalue weighted by atomic mass is 16.5. The van der Waals surface area contributed by atoms with Gasteiger partial charge in [0.1, 0.15) is 0 Å². The van der Waals surface area contributed by atoms with Crippen LogP contribution >= 0.6 is 0 Å². The maximum atomic E-state index is 5.68. The van der Waals surface area contributed by atoms with E-state index in [1.54, 1.807) is 0 Å². The molecule has 0 saturated carbocycles. The van der Waals surface area contributed by atoms with Crippen LogP contribution < -0.4 is 5.73 Å². The molecular weight excluding hydrogens is 126 g/mol. The van der Waals surface area contributed by atoms with Gasteiger partial charge in [-0.2, -0.15) is 0 Å². The van der Waals surface area contributed by atoms with E-state index in [0.29, 0.717) is 6.04 Å². The van der Waals surface area contributed by atoms with E-state index in [2.05, 4.69) is 6.92 Å². The standard InChI is InChI=1S/C8H17NO/c1-7(9)6-8-2-4-10-5-3-8/h7-8H,2-6,9H2,1H3/t7-/m1/s1. The molecule has 1 aliphatic rings. The van der Waals surface area contributed by atoms with Crippen molar-refractivity contribution in [2.75, 3.05) is 13.2 Å². The molecule has 2 N–H and O–H groups in total. The van der Waals surface area contributed by atoms with Crippen LogP contribution in [-0.2, 0) is 4.74 Å². The monoisotopic (exact) mass is 143 g/mol. The molecule has 1 saturated heterocycles. The maximum Gasteiger partial charge on any atom is 0.0468 e. The number of hydrogen-bond donors (Lipinski definition) is 1. The summed E-state index contributed by atoms with van der Waals surface area (Å²) in [4.78, 5) is 0. The fourth-order valence-electron chi connectivity index (χ4n) is 1.51. The zero-order valence-corrected chi connectivity index (χ0v) is 6.68. The second kappa shape index (κ2) is 3.94. The Balaban J connectivity index is 2.13. The van der Waals surface area contributed by atoms with Gasteiger partial charge < -0.3 is 10.5 Å². The van der Waals surface area contributed by atoms with Gasteiger partial charge in [-0.05, 0) is 32.1 Å². The van der Waals surface area contributed by atoms with E-state index < -0.39 is 0 Å². The molecule has 1 fully saturated rings. The van der Waals surface area contributed by atoms with Gasteiger partial charge in [-0.3, -0.25) is 0 Å². The predicted octanol–water partition coefficient (Wildman–Crippen LogP) is 1.15. The molecule has 0 aliphatic carbocycles. The second-order valence-corrected chi connectivity index (χ2v) is 3.27. The van der Waals surface area contributed by atoms with E-state index in [-0.39, 0.29) is 0 Å². The van der Waals surface area contributed by atoms with Gasteiger partial charge in [0.05, 0.1) is 0 Å². The summed E-state index contributed by atoms with van der Waals surface area (Å²) in [6.07, 6.45) is 3.59. The van der Waals surface area contributed by atoms with Crippen LogP contribution in [0.1, 0.15) is 26.2 Å². The van der Waals surface area contributed by atoms with E-state index in [1.165, 1.54) is 19.3 Å². The van der Waals surface area contributed by atoms with Gasteiger partial charge in [-0.1, -0.05) is 0 Å². The maximum absolute atomic E-state index is 5.68. The third kappa shape index (κ3) is 2.67. The third-order valence-electron chi connectivity index (χ3n) is 2.05. The minimum Gasteiger partial charge on any atom is -0.381 e. The number of nitrogens with two attached hydrogens (primary N) is 1. The highest BCUT2D eigenvalue weighted by Gasteiger charge is 2.14. The molecule has 0 bridgehead atoms. The van der Waals surface area contributed by atoms with Crippen molar-refractivity contribution in [1.82, 2.24) is 0 Å². The van der Waals surface area contributed by atoms with Gasteiger partial charge in [-0.25, -0.2) is 0 Å². The Kier molecular flexibility index (Phi) is 3.16. The Bertz CT molecular complexity index is 87.3. The molecule has 0 aromatic heterocycles. The van der Waals surface area contributed by atoms with E-state index in [1.807, 2.05) is 0 Å². The molecule has 0 aromatic carbocycles. The van der Waals surface area contributed by atoms with Gasteiger partial charge in [0.15, 0.2) is 0 Å². The minimum absolute atomic E-state index is 0.364. The van der Waals surface area contributed by atoms with Crippen LogP contribution in [0.2, 0.25) is 0 Å². The summed E-state index contributed by atoms with van der Waals surface area (Å²) in [6.45, 7) is 3.96. The number of ether oxygens (including phenoxy) is 1. The summed E-state index contributed by atoms with van der Waals surface area (Å²) in [7, 11) is 0. The first-order chi connectivity index (χ1) is 4.79. The summed E-state index contributed by atoms with van der Waals surface area (Å²) in [6, 6.07) is 0.364. The van der Waals surface area contributed by atoms with Crippen LogP contribution in [0, 0.1) is 5.92 Å². The Hall–Kier alpha value is -0.0800. The second-order valence-electron chi connectivity index (χ2n) is 3.27. The van der Waals surface area contributed by atoms with Gasteiger partial charge in [0, 0.05) is 19.3 Å². The lowest BCUT2D eigenvalue weighted by Crippen LogP contribution is -2.24. The van der Waals surface area contributed by atoms with Crippen LogP contribution in [-0.4, -0.2) is 19.3 Å². The molecular formula is C8H17NO. The van der Waals surface area contributed by atoms with Crippen molar-refractivity contribution in [3.8, 4) is 0 Å². The smallest absolute Gasteiger partial charge is 0.0468 e. The molecule has 0 aromatic rings. The highest BCUT2D eigenvalue weighted by Crippen LogP contribution is 2.18. The molecule has 60 valence electrons. The lowest BCUT2D eigenvalue weighted by molar-refractivity contribution is 0.0624. The Morgan fingerprint density at radius 3 is 2.60 bits per heavy atom. The van der Waals surface area contributed by atoms with E-state index >= 15 is 0 Å². The molecule has 2 nitrogen and oxygen atoms in total. The lowest BCUT2D eigenvalue weighted by atomic mass is 9.93. The average molecular weight is 143 g/mol. The molecule has 0 unspecified atom stereocenters. The molecule has 1 heterocycles. The summed E-state index contributed by atoms with van der Waals surface area (Å²) in [5.41, 5.74) is 5.68. The highest BCUT2D eigenvalue weighted by molar-refractivity contribution is 4.67. The van der Waals surface area contributed by atoms with Crippen molar-refractivity contribution in [1.29, 1.82) is 0 Å². The van der Waals surface area contributed by atoms with Crippen molar-refractivity contribution in [2.45, 2.75) is 32.2 Å². The van der Waals surface area contributed by atoms with Crippen molar-refractivity contribution < 1.29 is 4.74 Å². The topological polar surface area (TPSA) is 35.2 Å². The first kappa shape index (κ1) is 8.02. The van der Waals surface area contributed by atoms with Crippen molar-refractivity contribution >= 4 is 0 Å². The van der Waals surface area contributed by atoms with E-state index in [9.17, 15) is 0 Å². The van der Waals surface area contributed by atoms with Crippen LogP contribution in [0.5, 0.6) is 0 Å². The molecule has 0 amide bonds. The Morgan fingerprint density at radius 1 is 1.50 bits per heavy atom. The Morgan fingerprint density at radius 2 is 2.10 bits per heavy atom. The summed E-state index contributed by atoms with van der Waals surface area (Å²) in [5.74, 6) is 0.828. The molecule has 0 radical (unpaired) electrons. The molecule has 1 rings (SSSR count). The molecule has 0 spiro atoms. The first-order valence-electron chi connectivity index (χ1n) is 4.12. The number of rotatable bonds is 2. The summed E-state index contributed by atoms with van der Waals surface area (Å²) >= 11 is 0. The van der Waals surface area contributed by atoms with Crippen LogP contribution in [0.25, 0.3) is 0 Å². The van der Waals surface area contributed by atoms with Crippen molar-refractivity contribution in [2.24, 2.45) is 11.7 Å². The van der Waals surface area contributed by atoms with Crippen LogP contribution in [0.3, 0.4) is 0 Å². The fourth-order valence-corrected chi connectivity index (χ4v) is 1.51. The molecule has 2 heteroatoms. The zero-order valence-electron chi connectivity index (χ0n) is 6.68. The third-order valence-corrected chi connectivity index (χ3v) is 2.05. The largest absolute Gasteiger partial charge is 0.381 e. The molecule has 1 atom stereocenters. The van der Waals surface area contributed by atoms with Crippen LogP contribution in [0.15, 0.2) is 0 Å². The normalized spacial score (nSPS) is 24.6. The summed E-state index contributed by atoms with van der Waals surface area (Å²) in [5, 5.41) is 0. The van der Waals surface area contributed by atoms with E-state index in [4.69, 9.17) is 10.5 Å². The van der Waals surface area contributed by atoms with Gasteiger partial charge in [0.25, 0.3) is 0 Å². The first-order valence-corrected chi connectivity index (χ1v) is 4.12. The van der Waals surface area contributed by atoms with Crippen molar-refractivity contribution in [3.05, 3.63) is 0 Å².